The Bertz CT molecular complexity index is 936. The number of nitrogens with one attached hydrogen (secondary N) is 1. The minimum atomic E-state index is -0.491. The lowest BCUT2D eigenvalue weighted by Crippen LogP contribution is -2.52. The molecule has 0 aliphatic carbocycles. The second-order valence-corrected chi connectivity index (χ2v) is 9.05. The average molecular weight is 453 g/mol. The zero-order valence-electron chi connectivity index (χ0n) is 19.9. The van der Waals surface area contributed by atoms with Crippen molar-refractivity contribution in [1.29, 1.82) is 0 Å². The SMILES string of the molecule is CCC(C(=O)NCCCN1CCN(Cc2ccccc2)CC1)N1C(=O)CCn2nc(C)cc21. The summed E-state index contributed by atoms with van der Waals surface area (Å²) in [7, 11) is 0. The molecule has 0 bridgehead atoms. The number of hydrogen-bond donors (Lipinski definition) is 1. The Hall–Kier alpha value is -2.71. The van der Waals surface area contributed by atoms with Crippen LogP contribution in [0.3, 0.4) is 0 Å². The molecule has 0 saturated carbocycles. The molecule has 1 aromatic heterocycles. The summed E-state index contributed by atoms with van der Waals surface area (Å²) in [5.74, 6) is 0.655. The third kappa shape index (κ3) is 5.81. The van der Waals surface area contributed by atoms with Crippen LogP contribution in [-0.4, -0.2) is 76.7 Å². The van der Waals surface area contributed by atoms with Gasteiger partial charge in [0, 0.05) is 51.8 Å². The number of nitrogens with zero attached hydrogens (tertiary/aromatic N) is 5. The molecular weight excluding hydrogens is 416 g/mol. The van der Waals surface area contributed by atoms with E-state index in [1.807, 2.05) is 24.6 Å². The van der Waals surface area contributed by atoms with Gasteiger partial charge >= 0.3 is 0 Å². The van der Waals surface area contributed by atoms with Crippen LogP contribution in [0.15, 0.2) is 36.4 Å². The van der Waals surface area contributed by atoms with Gasteiger partial charge in [-0.25, -0.2) is 4.68 Å². The molecule has 2 aromatic rings. The van der Waals surface area contributed by atoms with E-state index in [1.54, 1.807) is 4.90 Å². The van der Waals surface area contributed by atoms with Gasteiger partial charge in [-0.3, -0.25) is 19.4 Å². The van der Waals surface area contributed by atoms with Crippen molar-refractivity contribution in [2.24, 2.45) is 0 Å². The van der Waals surface area contributed by atoms with Crippen LogP contribution in [0.25, 0.3) is 0 Å². The van der Waals surface area contributed by atoms with Gasteiger partial charge in [-0.05, 0) is 31.9 Å². The summed E-state index contributed by atoms with van der Waals surface area (Å²) < 4.78 is 1.84. The van der Waals surface area contributed by atoms with E-state index in [0.29, 0.717) is 25.9 Å². The van der Waals surface area contributed by atoms with Crippen molar-refractivity contribution < 1.29 is 9.59 Å². The van der Waals surface area contributed by atoms with Gasteiger partial charge in [-0.15, -0.1) is 0 Å². The monoisotopic (exact) mass is 452 g/mol. The molecule has 1 fully saturated rings. The minimum absolute atomic E-state index is 0.00206. The molecule has 0 radical (unpaired) electrons. The zero-order valence-corrected chi connectivity index (χ0v) is 19.9. The second-order valence-electron chi connectivity index (χ2n) is 9.05. The van der Waals surface area contributed by atoms with Gasteiger partial charge in [0.15, 0.2) is 0 Å². The standard InChI is InChI=1S/C25H36N6O2/c1-3-22(31-23-18-20(2)27-30(23)13-10-24(31)32)25(33)26-11-7-12-28-14-16-29(17-15-28)19-21-8-5-4-6-9-21/h4-6,8-9,18,22H,3,7,10-17,19H2,1-2H3,(H,26,33). The van der Waals surface area contributed by atoms with E-state index in [2.05, 4.69) is 50.5 Å². The molecule has 178 valence electrons. The fourth-order valence-corrected chi connectivity index (χ4v) is 4.80. The summed E-state index contributed by atoms with van der Waals surface area (Å²) in [6.07, 6.45) is 1.87. The van der Waals surface area contributed by atoms with Gasteiger partial charge in [-0.2, -0.15) is 5.10 Å². The molecule has 8 heteroatoms. The number of anilines is 1. The second kappa shape index (κ2) is 10.9. The number of carbonyl (C=O) groups excluding carboxylic acids is 2. The number of piperazine rings is 1. The Morgan fingerprint density at radius 2 is 1.82 bits per heavy atom. The Balaban J connectivity index is 1.20. The third-order valence-electron chi connectivity index (χ3n) is 6.60. The molecule has 1 aromatic carbocycles. The highest BCUT2D eigenvalue weighted by Gasteiger charge is 2.34. The van der Waals surface area contributed by atoms with Crippen molar-refractivity contribution >= 4 is 17.6 Å². The van der Waals surface area contributed by atoms with Gasteiger partial charge in [0.25, 0.3) is 0 Å². The van der Waals surface area contributed by atoms with E-state index in [4.69, 9.17) is 0 Å². The summed E-state index contributed by atoms with van der Waals surface area (Å²) in [6.45, 7) is 11.3. The van der Waals surface area contributed by atoms with E-state index in [9.17, 15) is 9.59 Å². The van der Waals surface area contributed by atoms with Crippen LogP contribution in [0.4, 0.5) is 5.82 Å². The maximum atomic E-state index is 12.9. The molecule has 8 nitrogen and oxygen atoms in total. The highest BCUT2D eigenvalue weighted by atomic mass is 16.2. The maximum absolute atomic E-state index is 12.9. The van der Waals surface area contributed by atoms with Crippen LogP contribution in [0.5, 0.6) is 0 Å². The minimum Gasteiger partial charge on any atom is -0.354 e. The molecule has 1 saturated heterocycles. The highest BCUT2D eigenvalue weighted by molar-refractivity contribution is 6.00. The van der Waals surface area contributed by atoms with Crippen molar-refractivity contribution in [3.05, 3.63) is 47.7 Å². The summed E-state index contributed by atoms with van der Waals surface area (Å²) in [6, 6.07) is 12.0. The number of fused-ring (bicyclic) bond motifs is 1. The fraction of sp³-hybridized carbons (Fsp3) is 0.560. The number of rotatable bonds is 9. The van der Waals surface area contributed by atoms with E-state index < -0.39 is 6.04 Å². The van der Waals surface area contributed by atoms with Crippen LogP contribution in [-0.2, 0) is 22.7 Å². The lowest BCUT2D eigenvalue weighted by atomic mass is 10.1. The maximum Gasteiger partial charge on any atom is 0.243 e. The van der Waals surface area contributed by atoms with Crippen molar-refractivity contribution in [3.63, 3.8) is 0 Å². The third-order valence-corrected chi connectivity index (χ3v) is 6.60. The zero-order chi connectivity index (χ0) is 23.2. The van der Waals surface area contributed by atoms with Crippen molar-refractivity contribution in [2.45, 2.75) is 52.2 Å². The van der Waals surface area contributed by atoms with Gasteiger partial charge < -0.3 is 10.2 Å². The summed E-state index contributed by atoms with van der Waals surface area (Å²) in [5.41, 5.74) is 2.23. The number of hydrogen-bond acceptors (Lipinski definition) is 5. The number of carbonyl (C=O) groups is 2. The van der Waals surface area contributed by atoms with Crippen LogP contribution >= 0.6 is 0 Å². The fourth-order valence-electron chi connectivity index (χ4n) is 4.80. The normalized spacial score (nSPS) is 18.2. The molecule has 4 rings (SSSR count). The predicted molar refractivity (Wildman–Crippen MR) is 129 cm³/mol. The number of aromatic nitrogens is 2. The first-order valence-electron chi connectivity index (χ1n) is 12.2. The predicted octanol–water partition coefficient (Wildman–Crippen LogP) is 2.03. The Morgan fingerprint density at radius 3 is 2.55 bits per heavy atom. The largest absolute Gasteiger partial charge is 0.354 e. The molecule has 2 aliphatic rings. The number of amides is 2. The Kier molecular flexibility index (Phi) is 7.77. The first kappa shape index (κ1) is 23.4. The van der Waals surface area contributed by atoms with Gasteiger partial charge in [0.1, 0.15) is 11.9 Å². The molecule has 1 atom stereocenters. The smallest absolute Gasteiger partial charge is 0.243 e. The van der Waals surface area contributed by atoms with Crippen LogP contribution in [0.2, 0.25) is 0 Å². The first-order valence-corrected chi connectivity index (χ1v) is 12.2. The Morgan fingerprint density at radius 1 is 1.09 bits per heavy atom. The van der Waals surface area contributed by atoms with E-state index in [1.165, 1.54) is 5.56 Å². The molecule has 2 aliphatic heterocycles. The Labute approximate surface area is 196 Å². The van der Waals surface area contributed by atoms with E-state index >= 15 is 0 Å². The molecule has 2 amide bonds. The van der Waals surface area contributed by atoms with Crippen LogP contribution < -0.4 is 10.2 Å². The average Bonchev–Trinajstić information content (AvgIpc) is 3.21. The van der Waals surface area contributed by atoms with Gasteiger partial charge in [-0.1, -0.05) is 37.3 Å². The molecule has 0 spiro atoms. The van der Waals surface area contributed by atoms with Crippen LogP contribution in [0.1, 0.15) is 37.4 Å². The molecule has 1 unspecified atom stereocenters. The highest BCUT2D eigenvalue weighted by Crippen LogP contribution is 2.26. The van der Waals surface area contributed by atoms with E-state index in [-0.39, 0.29) is 11.8 Å². The first-order chi connectivity index (χ1) is 16.0. The molecule has 3 heterocycles. The summed E-state index contributed by atoms with van der Waals surface area (Å²) >= 11 is 0. The van der Waals surface area contributed by atoms with Crippen molar-refractivity contribution in [3.8, 4) is 0 Å². The lowest BCUT2D eigenvalue weighted by molar-refractivity contribution is -0.127. The topological polar surface area (TPSA) is 73.7 Å². The number of benzene rings is 1. The summed E-state index contributed by atoms with van der Waals surface area (Å²) in [4.78, 5) is 32.2. The number of aryl methyl sites for hydroxylation is 2. The summed E-state index contributed by atoms with van der Waals surface area (Å²) in [5, 5.41) is 7.52. The van der Waals surface area contributed by atoms with E-state index in [0.717, 1.165) is 57.2 Å². The van der Waals surface area contributed by atoms with Crippen molar-refractivity contribution in [2.75, 3.05) is 44.2 Å². The van der Waals surface area contributed by atoms with Gasteiger partial charge in [0.2, 0.25) is 11.8 Å². The van der Waals surface area contributed by atoms with Gasteiger partial charge in [0.05, 0.1) is 12.2 Å². The quantitative estimate of drug-likeness (QED) is 0.590. The van der Waals surface area contributed by atoms with Crippen LogP contribution in [0, 0.1) is 6.92 Å². The molecular formula is C25H36N6O2. The molecule has 33 heavy (non-hydrogen) atoms. The van der Waals surface area contributed by atoms with Crippen molar-refractivity contribution in [1.82, 2.24) is 24.9 Å². The lowest BCUT2D eigenvalue weighted by Gasteiger charge is -2.35. The molecule has 1 N–H and O–H groups in total.